The molecule has 0 aliphatic carbocycles. The second-order valence-corrected chi connectivity index (χ2v) is 6.61. The minimum Gasteiger partial charge on any atom is -0.486 e. The highest BCUT2D eigenvalue weighted by Crippen LogP contribution is 2.44. The molecule has 0 aromatic heterocycles. The molecule has 4 nitrogen and oxygen atoms in total. The molecule has 120 valence electrons. The summed E-state index contributed by atoms with van der Waals surface area (Å²) in [5.41, 5.74) is 3.20. The third-order valence-corrected chi connectivity index (χ3v) is 4.46. The molecule has 0 saturated carbocycles. The second kappa shape index (κ2) is 5.92. The number of rotatable bonds is 3. The molecule has 1 aromatic carbocycles. The van der Waals surface area contributed by atoms with Gasteiger partial charge in [-0.2, -0.15) is 0 Å². The van der Waals surface area contributed by atoms with E-state index in [1.807, 2.05) is 27.7 Å². The molecular weight excluding hydrogens is 304 g/mol. The number of hydrogen-bond donors (Lipinski definition) is 0. The molecule has 1 heterocycles. The topological polar surface area (TPSA) is 52.6 Å². The molecule has 1 aliphatic rings. The fraction of sp³-hybridized carbons (Fsp3) is 0.529. The van der Waals surface area contributed by atoms with Crippen molar-refractivity contribution in [3.8, 4) is 11.5 Å². The molecule has 2 rings (SSSR count). The van der Waals surface area contributed by atoms with Gasteiger partial charge in [-0.3, -0.25) is 9.59 Å². The molecule has 1 aliphatic heterocycles. The quantitative estimate of drug-likeness (QED) is 0.482. The van der Waals surface area contributed by atoms with E-state index in [1.54, 1.807) is 0 Å². The van der Waals surface area contributed by atoms with Crippen molar-refractivity contribution in [3.63, 3.8) is 0 Å². The summed E-state index contributed by atoms with van der Waals surface area (Å²) in [4.78, 5) is 22.6. The number of benzene rings is 1. The SMILES string of the molecule is CC(=O)Oc1c(C)c(C)c2c(c1C)CC[C@@](C)(CC(=O)Cl)O2. The van der Waals surface area contributed by atoms with E-state index in [2.05, 4.69) is 0 Å². The molecule has 0 spiro atoms. The van der Waals surface area contributed by atoms with Gasteiger partial charge in [-0.1, -0.05) is 0 Å². The number of ether oxygens (including phenoxy) is 2. The van der Waals surface area contributed by atoms with Gasteiger partial charge in [0.25, 0.3) is 0 Å². The Balaban J connectivity index is 2.50. The van der Waals surface area contributed by atoms with E-state index in [9.17, 15) is 9.59 Å². The molecule has 0 unspecified atom stereocenters. The van der Waals surface area contributed by atoms with Gasteiger partial charge in [0.15, 0.2) is 0 Å². The van der Waals surface area contributed by atoms with E-state index in [1.165, 1.54) is 6.92 Å². The summed E-state index contributed by atoms with van der Waals surface area (Å²) in [6, 6.07) is 0. The molecule has 0 bridgehead atoms. The summed E-state index contributed by atoms with van der Waals surface area (Å²) in [5, 5.41) is -0.395. The maximum Gasteiger partial charge on any atom is 0.308 e. The highest BCUT2D eigenvalue weighted by atomic mass is 35.5. The predicted octanol–water partition coefficient (Wildman–Crippen LogP) is 3.78. The van der Waals surface area contributed by atoms with Crippen LogP contribution in [-0.4, -0.2) is 16.8 Å². The molecule has 1 atom stereocenters. The maximum absolute atomic E-state index is 11.3. The number of esters is 1. The number of halogens is 1. The van der Waals surface area contributed by atoms with E-state index in [0.717, 1.165) is 34.4 Å². The lowest BCUT2D eigenvalue weighted by Gasteiger charge is -2.37. The van der Waals surface area contributed by atoms with Crippen LogP contribution in [0.25, 0.3) is 0 Å². The predicted molar refractivity (Wildman–Crippen MR) is 84.8 cm³/mol. The van der Waals surface area contributed by atoms with Crippen LogP contribution in [-0.2, 0) is 16.0 Å². The molecule has 0 radical (unpaired) electrons. The van der Waals surface area contributed by atoms with Crippen LogP contribution in [0.4, 0.5) is 0 Å². The summed E-state index contributed by atoms with van der Waals surface area (Å²) < 4.78 is 11.5. The van der Waals surface area contributed by atoms with Crippen molar-refractivity contribution < 1.29 is 19.1 Å². The number of carbonyl (C=O) groups excluding carboxylic acids is 2. The molecule has 5 heteroatoms. The first-order valence-corrected chi connectivity index (χ1v) is 7.71. The van der Waals surface area contributed by atoms with Crippen LogP contribution in [0.2, 0.25) is 0 Å². The first-order chi connectivity index (χ1) is 10.1. The molecular formula is C17H21ClO4. The average molecular weight is 325 g/mol. The third-order valence-electron chi connectivity index (χ3n) is 4.32. The van der Waals surface area contributed by atoms with Gasteiger partial charge in [0.1, 0.15) is 17.1 Å². The lowest BCUT2D eigenvalue weighted by atomic mass is 9.86. The first-order valence-electron chi connectivity index (χ1n) is 7.33. The number of hydrogen-bond acceptors (Lipinski definition) is 4. The Hall–Kier alpha value is -1.55. The standard InChI is InChI=1S/C17H21ClO4/c1-9-10(2)16-13(11(3)15(9)21-12(4)19)6-7-17(5,22-16)8-14(18)20/h6-8H2,1-5H3/t17-/m0/s1. The van der Waals surface area contributed by atoms with Gasteiger partial charge in [0, 0.05) is 12.5 Å². The van der Waals surface area contributed by atoms with Crippen LogP contribution in [0.3, 0.4) is 0 Å². The van der Waals surface area contributed by atoms with E-state index in [-0.39, 0.29) is 12.4 Å². The number of fused-ring (bicyclic) bond motifs is 1. The minimum absolute atomic E-state index is 0.178. The monoisotopic (exact) mass is 324 g/mol. The van der Waals surface area contributed by atoms with Crippen LogP contribution in [0.15, 0.2) is 0 Å². The highest BCUT2D eigenvalue weighted by Gasteiger charge is 2.36. The summed E-state index contributed by atoms with van der Waals surface area (Å²) in [5.74, 6) is 1.07. The molecule has 0 saturated heterocycles. The van der Waals surface area contributed by atoms with Crippen LogP contribution in [0.5, 0.6) is 11.5 Å². The van der Waals surface area contributed by atoms with Gasteiger partial charge in [0.05, 0.1) is 6.42 Å². The molecule has 0 N–H and O–H groups in total. The van der Waals surface area contributed by atoms with E-state index < -0.39 is 10.8 Å². The summed E-state index contributed by atoms with van der Waals surface area (Å²) in [7, 11) is 0. The zero-order chi connectivity index (χ0) is 16.7. The Morgan fingerprint density at radius 1 is 1.23 bits per heavy atom. The Morgan fingerprint density at radius 2 is 1.86 bits per heavy atom. The fourth-order valence-corrected chi connectivity index (χ4v) is 3.28. The van der Waals surface area contributed by atoms with Gasteiger partial charge in [-0.25, -0.2) is 0 Å². The van der Waals surface area contributed by atoms with Gasteiger partial charge >= 0.3 is 5.97 Å². The maximum atomic E-state index is 11.3. The average Bonchev–Trinajstić information content (AvgIpc) is 2.39. The van der Waals surface area contributed by atoms with Gasteiger partial charge in [-0.05, 0) is 68.8 Å². The highest BCUT2D eigenvalue weighted by molar-refractivity contribution is 6.63. The van der Waals surface area contributed by atoms with Gasteiger partial charge in [-0.15, -0.1) is 0 Å². The molecule has 0 amide bonds. The van der Waals surface area contributed by atoms with E-state index in [0.29, 0.717) is 12.2 Å². The van der Waals surface area contributed by atoms with Gasteiger partial charge < -0.3 is 9.47 Å². The summed E-state index contributed by atoms with van der Waals surface area (Å²) in [6.45, 7) is 9.08. The second-order valence-electron chi connectivity index (χ2n) is 6.19. The zero-order valence-corrected chi connectivity index (χ0v) is 14.4. The van der Waals surface area contributed by atoms with Crippen molar-refractivity contribution in [2.45, 2.75) is 59.5 Å². The van der Waals surface area contributed by atoms with Crippen molar-refractivity contribution in [3.05, 3.63) is 22.3 Å². The summed E-state index contributed by atoms with van der Waals surface area (Å²) >= 11 is 5.54. The van der Waals surface area contributed by atoms with Gasteiger partial charge in [0.2, 0.25) is 5.24 Å². The Bertz CT molecular complexity index is 651. The summed E-state index contributed by atoms with van der Waals surface area (Å²) in [6.07, 6.45) is 1.63. The lowest BCUT2D eigenvalue weighted by molar-refractivity contribution is -0.132. The van der Waals surface area contributed by atoms with Crippen molar-refractivity contribution in [2.75, 3.05) is 0 Å². The van der Waals surface area contributed by atoms with Crippen molar-refractivity contribution in [2.24, 2.45) is 0 Å². The van der Waals surface area contributed by atoms with Crippen LogP contribution in [0.1, 0.15) is 48.9 Å². The van der Waals surface area contributed by atoms with E-state index >= 15 is 0 Å². The van der Waals surface area contributed by atoms with Crippen molar-refractivity contribution in [1.29, 1.82) is 0 Å². The molecule has 0 fully saturated rings. The van der Waals surface area contributed by atoms with Crippen LogP contribution < -0.4 is 9.47 Å². The Morgan fingerprint density at radius 3 is 2.41 bits per heavy atom. The molecule has 1 aromatic rings. The smallest absolute Gasteiger partial charge is 0.308 e. The normalized spacial score (nSPS) is 20.1. The van der Waals surface area contributed by atoms with Crippen molar-refractivity contribution >= 4 is 22.8 Å². The van der Waals surface area contributed by atoms with Crippen LogP contribution >= 0.6 is 11.6 Å². The fourth-order valence-electron chi connectivity index (χ4n) is 3.00. The number of carbonyl (C=O) groups is 2. The third kappa shape index (κ3) is 3.12. The minimum atomic E-state index is -0.585. The zero-order valence-electron chi connectivity index (χ0n) is 13.6. The Labute approximate surface area is 135 Å². The van der Waals surface area contributed by atoms with Crippen molar-refractivity contribution in [1.82, 2.24) is 0 Å². The van der Waals surface area contributed by atoms with E-state index in [4.69, 9.17) is 21.1 Å². The first kappa shape index (κ1) is 16.8. The Kier molecular flexibility index (Phi) is 4.52. The molecule has 22 heavy (non-hydrogen) atoms. The van der Waals surface area contributed by atoms with Crippen LogP contribution in [0, 0.1) is 20.8 Å². The lowest BCUT2D eigenvalue weighted by Crippen LogP contribution is -2.38. The largest absolute Gasteiger partial charge is 0.486 e.